The molecule has 2 fully saturated rings. The highest BCUT2D eigenvalue weighted by Gasteiger charge is 2.38. The Bertz CT molecular complexity index is 1270. The number of aryl methyl sites for hydroxylation is 1. The molecule has 2 aromatic heterocycles. The number of rotatable bonds is 5. The molecule has 168 valence electrons. The van der Waals surface area contributed by atoms with Crippen molar-refractivity contribution in [1.82, 2.24) is 19.7 Å². The van der Waals surface area contributed by atoms with E-state index in [1.807, 2.05) is 37.3 Å². The Labute approximate surface area is 185 Å². The largest absolute Gasteiger partial charge is 0.489 e. The average molecular weight is 457 g/mol. The molecule has 3 heterocycles. The molecule has 1 aliphatic heterocycles. The van der Waals surface area contributed by atoms with Gasteiger partial charge in [0.05, 0.1) is 28.3 Å². The van der Waals surface area contributed by atoms with Crippen molar-refractivity contribution < 1.29 is 23.1 Å². The van der Waals surface area contributed by atoms with Gasteiger partial charge in [-0.05, 0) is 19.1 Å². The van der Waals surface area contributed by atoms with Crippen LogP contribution in [0.3, 0.4) is 0 Å². The molecule has 1 N–H and O–H groups in total. The van der Waals surface area contributed by atoms with E-state index in [1.54, 1.807) is 4.68 Å². The van der Waals surface area contributed by atoms with Crippen LogP contribution >= 0.6 is 0 Å². The molecule has 10 heteroatoms. The summed E-state index contributed by atoms with van der Waals surface area (Å²) in [5, 5.41) is 14.9. The van der Waals surface area contributed by atoms with Gasteiger partial charge >= 0.3 is 5.97 Å². The van der Waals surface area contributed by atoms with Gasteiger partial charge in [-0.2, -0.15) is 5.10 Å². The van der Waals surface area contributed by atoms with Gasteiger partial charge in [-0.25, -0.2) is 22.9 Å². The zero-order valence-corrected chi connectivity index (χ0v) is 18.5. The van der Waals surface area contributed by atoms with Gasteiger partial charge in [0.15, 0.2) is 21.2 Å². The van der Waals surface area contributed by atoms with Crippen molar-refractivity contribution in [3.8, 4) is 11.4 Å². The van der Waals surface area contributed by atoms with E-state index < -0.39 is 15.8 Å². The van der Waals surface area contributed by atoms with E-state index >= 15 is 0 Å². The lowest BCUT2D eigenvalue weighted by atomic mass is 9.87. The number of benzene rings is 1. The van der Waals surface area contributed by atoms with Crippen LogP contribution in [0.2, 0.25) is 0 Å². The van der Waals surface area contributed by atoms with Crippen LogP contribution in [0.4, 0.5) is 0 Å². The maximum atomic E-state index is 11.7. The number of aromatic nitrogens is 3. The van der Waals surface area contributed by atoms with E-state index in [1.165, 1.54) is 6.07 Å². The quantitative estimate of drug-likeness (QED) is 0.621. The molecule has 0 atom stereocenters. The number of hydrogen-bond acceptors (Lipinski definition) is 7. The summed E-state index contributed by atoms with van der Waals surface area (Å²) in [7, 11) is -2.90. The second-order valence-corrected chi connectivity index (χ2v) is 10.7. The number of fused-ring (bicyclic) bond motifs is 1. The Morgan fingerprint density at radius 1 is 1.16 bits per heavy atom. The number of pyridine rings is 1. The molecule has 1 aromatic carbocycles. The summed E-state index contributed by atoms with van der Waals surface area (Å²) >= 11 is 0. The molecular weight excluding hydrogens is 432 g/mol. The van der Waals surface area contributed by atoms with Crippen molar-refractivity contribution in [3.63, 3.8) is 0 Å². The Balaban J connectivity index is 1.41. The first-order valence-corrected chi connectivity index (χ1v) is 12.4. The van der Waals surface area contributed by atoms with Gasteiger partial charge in [-0.3, -0.25) is 4.90 Å². The Morgan fingerprint density at radius 2 is 1.84 bits per heavy atom. The Kier molecular flexibility index (Phi) is 5.13. The van der Waals surface area contributed by atoms with Gasteiger partial charge in [0.1, 0.15) is 11.9 Å². The third kappa shape index (κ3) is 3.84. The number of carboxylic acid groups (broad SMARTS) is 1. The zero-order valence-electron chi connectivity index (χ0n) is 17.6. The summed E-state index contributed by atoms with van der Waals surface area (Å²) in [6.45, 7) is 2.98. The number of carbonyl (C=O) groups is 1. The summed E-state index contributed by atoms with van der Waals surface area (Å²) in [6, 6.07) is 11.2. The fraction of sp³-hybridized carbons (Fsp3) is 0.409. The average Bonchev–Trinajstić information content (AvgIpc) is 3.08. The van der Waals surface area contributed by atoms with Gasteiger partial charge in [0, 0.05) is 38.0 Å². The standard InChI is InChI=1S/C22H24N4O5S/c1-14-20-19(31-17-11-16(12-17)25-7-9-32(29,30)10-8-25)13-18(22(27)28)23-21(20)26(24-14)15-5-3-2-4-6-15/h2-6,13,16-17H,7-12H2,1H3,(H,27,28)/t16-,17+. The number of ether oxygens (including phenoxy) is 1. The van der Waals surface area contributed by atoms with Crippen LogP contribution < -0.4 is 4.74 Å². The van der Waals surface area contributed by atoms with Crippen LogP contribution in [-0.4, -0.2) is 75.9 Å². The summed E-state index contributed by atoms with van der Waals surface area (Å²) in [5.41, 5.74) is 1.85. The van der Waals surface area contributed by atoms with E-state index in [-0.39, 0.29) is 23.3 Å². The molecule has 3 aromatic rings. The number of nitrogens with zero attached hydrogens (tertiary/aromatic N) is 4. The number of sulfone groups is 1. The van der Waals surface area contributed by atoms with Crippen LogP contribution in [0, 0.1) is 6.92 Å². The van der Waals surface area contributed by atoms with Crippen molar-refractivity contribution in [2.24, 2.45) is 0 Å². The van der Waals surface area contributed by atoms with Gasteiger partial charge in [0.2, 0.25) is 0 Å². The smallest absolute Gasteiger partial charge is 0.354 e. The maximum absolute atomic E-state index is 11.7. The lowest BCUT2D eigenvalue weighted by Crippen LogP contribution is -2.54. The molecule has 9 nitrogen and oxygen atoms in total. The zero-order chi connectivity index (χ0) is 22.5. The Morgan fingerprint density at radius 3 is 2.50 bits per heavy atom. The van der Waals surface area contributed by atoms with Gasteiger partial charge < -0.3 is 9.84 Å². The fourth-order valence-corrected chi connectivity index (χ4v) is 5.63. The molecule has 0 spiro atoms. The number of para-hydroxylation sites is 1. The topological polar surface area (TPSA) is 115 Å². The minimum absolute atomic E-state index is 0.0646. The maximum Gasteiger partial charge on any atom is 0.354 e. The van der Waals surface area contributed by atoms with Crippen LogP contribution in [0.25, 0.3) is 16.7 Å². The molecule has 1 saturated carbocycles. The molecule has 1 aliphatic carbocycles. The van der Waals surface area contributed by atoms with Crippen LogP contribution in [0.1, 0.15) is 29.0 Å². The minimum atomic E-state index is -2.90. The van der Waals surface area contributed by atoms with Crippen LogP contribution in [0.15, 0.2) is 36.4 Å². The monoisotopic (exact) mass is 456 g/mol. The molecule has 0 radical (unpaired) electrons. The molecule has 0 amide bonds. The highest BCUT2D eigenvalue weighted by Crippen LogP contribution is 2.36. The van der Waals surface area contributed by atoms with E-state index in [0.29, 0.717) is 41.6 Å². The van der Waals surface area contributed by atoms with Crippen molar-refractivity contribution in [2.45, 2.75) is 31.9 Å². The second kappa shape index (κ2) is 7.86. The predicted molar refractivity (Wildman–Crippen MR) is 118 cm³/mol. The molecular formula is C22H24N4O5S. The number of carboxylic acids is 1. The van der Waals surface area contributed by atoms with Crippen LogP contribution in [0.5, 0.6) is 5.75 Å². The molecule has 1 saturated heterocycles. The predicted octanol–water partition coefficient (Wildman–Crippen LogP) is 2.07. The van der Waals surface area contributed by atoms with E-state index in [2.05, 4.69) is 15.0 Å². The summed E-state index contributed by atoms with van der Waals surface area (Å²) in [4.78, 5) is 18.3. The summed E-state index contributed by atoms with van der Waals surface area (Å²) < 4.78 is 31.2. The molecule has 2 aliphatic rings. The van der Waals surface area contributed by atoms with E-state index in [0.717, 1.165) is 18.5 Å². The third-order valence-corrected chi connectivity index (χ3v) is 7.86. The minimum Gasteiger partial charge on any atom is -0.489 e. The SMILES string of the molecule is Cc1nn(-c2ccccc2)c2nc(C(=O)O)cc(O[C@H]3C[C@@H](N4CCS(=O)(=O)CC4)C3)c12. The summed E-state index contributed by atoms with van der Waals surface area (Å²) in [5.74, 6) is -0.243. The van der Waals surface area contributed by atoms with E-state index in [9.17, 15) is 18.3 Å². The lowest BCUT2D eigenvalue weighted by molar-refractivity contribution is 0.0218. The van der Waals surface area contributed by atoms with Crippen molar-refractivity contribution in [1.29, 1.82) is 0 Å². The number of aromatic carboxylic acids is 1. The van der Waals surface area contributed by atoms with Crippen molar-refractivity contribution >= 4 is 26.8 Å². The fourth-order valence-electron chi connectivity index (χ4n) is 4.40. The first-order valence-electron chi connectivity index (χ1n) is 10.6. The van der Waals surface area contributed by atoms with Gasteiger partial charge in [-0.1, -0.05) is 18.2 Å². The van der Waals surface area contributed by atoms with Gasteiger partial charge in [-0.15, -0.1) is 0 Å². The van der Waals surface area contributed by atoms with E-state index in [4.69, 9.17) is 4.74 Å². The molecule has 5 rings (SSSR count). The summed E-state index contributed by atoms with van der Waals surface area (Å²) in [6.07, 6.45) is 1.49. The number of hydrogen-bond donors (Lipinski definition) is 1. The normalized spacial score (nSPS) is 23.0. The molecule has 0 bridgehead atoms. The van der Waals surface area contributed by atoms with Crippen LogP contribution in [-0.2, 0) is 9.84 Å². The van der Waals surface area contributed by atoms with Gasteiger partial charge in [0.25, 0.3) is 0 Å². The van der Waals surface area contributed by atoms with Crippen molar-refractivity contribution in [3.05, 3.63) is 47.8 Å². The first-order chi connectivity index (χ1) is 15.3. The first kappa shape index (κ1) is 20.9. The molecule has 32 heavy (non-hydrogen) atoms. The highest BCUT2D eigenvalue weighted by molar-refractivity contribution is 7.91. The lowest BCUT2D eigenvalue weighted by Gasteiger charge is -2.44. The highest BCUT2D eigenvalue weighted by atomic mass is 32.2. The second-order valence-electron chi connectivity index (χ2n) is 8.40. The van der Waals surface area contributed by atoms with Crippen molar-refractivity contribution in [2.75, 3.05) is 24.6 Å². The third-order valence-electron chi connectivity index (χ3n) is 6.26. The molecule has 0 unspecified atom stereocenters. The Hall–Kier alpha value is -2.98.